The summed E-state index contributed by atoms with van der Waals surface area (Å²) in [5, 5.41) is 20.3. The van der Waals surface area contributed by atoms with Crippen LogP contribution in [0.2, 0.25) is 0 Å². The number of aromatic nitrogens is 1. The SMILES string of the molecule is N#Cc1cc(NCCCOCCO)ccn1. The molecule has 0 aliphatic carbocycles. The Kier molecular flexibility index (Phi) is 5.92. The molecular formula is C11H15N3O2. The van der Waals surface area contributed by atoms with Crippen molar-refractivity contribution in [3.8, 4) is 6.07 Å². The van der Waals surface area contributed by atoms with Gasteiger partial charge in [-0.1, -0.05) is 0 Å². The molecule has 1 aromatic heterocycles. The maximum Gasteiger partial charge on any atom is 0.142 e. The van der Waals surface area contributed by atoms with Gasteiger partial charge >= 0.3 is 0 Å². The first kappa shape index (κ1) is 12.4. The zero-order valence-electron chi connectivity index (χ0n) is 9.02. The normalized spacial score (nSPS) is 9.75. The van der Waals surface area contributed by atoms with Crippen LogP contribution in [0.3, 0.4) is 0 Å². The molecule has 0 aliphatic heterocycles. The first-order valence-corrected chi connectivity index (χ1v) is 5.15. The number of pyridine rings is 1. The predicted octanol–water partition coefficient (Wildman–Crippen LogP) is 0.764. The van der Waals surface area contributed by atoms with Crippen LogP contribution in [-0.2, 0) is 4.74 Å². The van der Waals surface area contributed by atoms with Gasteiger partial charge in [-0.2, -0.15) is 5.26 Å². The lowest BCUT2D eigenvalue weighted by Gasteiger charge is -2.06. The van der Waals surface area contributed by atoms with E-state index in [2.05, 4.69) is 10.3 Å². The van der Waals surface area contributed by atoms with Crippen LogP contribution in [0.15, 0.2) is 18.3 Å². The molecule has 5 heteroatoms. The largest absolute Gasteiger partial charge is 0.394 e. The molecule has 0 fully saturated rings. The molecule has 0 unspecified atom stereocenters. The summed E-state index contributed by atoms with van der Waals surface area (Å²) in [7, 11) is 0. The van der Waals surface area contributed by atoms with E-state index in [1.165, 1.54) is 0 Å². The average Bonchev–Trinajstić information content (AvgIpc) is 2.34. The van der Waals surface area contributed by atoms with Gasteiger partial charge in [0.25, 0.3) is 0 Å². The average molecular weight is 221 g/mol. The van der Waals surface area contributed by atoms with Gasteiger partial charge in [-0.15, -0.1) is 0 Å². The summed E-state index contributed by atoms with van der Waals surface area (Å²) in [4.78, 5) is 3.87. The Morgan fingerprint density at radius 3 is 3.12 bits per heavy atom. The highest BCUT2D eigenvalue weighted by molar-refractivity contribution is 5.45. The van der Waals surface area contributed by atoms with E-state index in [1.54, 1.807) is 12.3 Å². The van der Waals surface area contributed by atoms with Crippen molar-refractivity contribution >= 4 is 5.69 Å². The van der Waals surface area contributed by atoms with Gasteiger partial charge in [0.15, 0.2) is 0 Å². The van der Waals surface area contributed by atoms with Crippen LogP contribution >= 0.6 is 0 Å². The minimum Gasteiger partial charge on any atom is -0.394 e. The van der Waals surface area contributed by atoms with E-state index in [-0.39, 0.29) is 6.61 Å². The lowest BCUT2D eigenvalue weighted by molar-refractivity contribution is 0.0922. The summed E-state index contributed by atoms with van der Waals surface area (Å²) in [6, 6.07) is 5.50. The van der Waals surface area contributed by atoms with E-state index in [1.807, 2.05) is 12.1 Å². The number of nitrogens with zero attached hydrogens (tertiary/aromatic N) is 2. The van der Waals surface area contributed by atoms with Gasteiger partial charge in [-0.3, -0.25) is 0 Å². The Labute approximate surface area is 94.7 Å². The smallest absolute Gasteiger partial charge is 0.142 e. The van der Waals surface area contributed by atoms with E-state index in [0.29, 0.717) is 18.9 Å². The number of hydrogen-bond acceptors (Lipinski definition) is 5. The highest BCUT2D eigenvalue weighted by atomic mass is 16.5. The lowest BCUT2D eigenvalue weighted by Crippen LogP contribution is -2.07. The van der Waals surface area contributed by atoms with Gasteiger partial charge in [0.2, 0.25) is 0 Å². The first-order chi connectivity index (χ1) is 7.86. The number of nitriles is 1. The fourth-order valence-electron chi connectivity index (χ4n) is 1.18. The quantitative estimate of drug-likeness (QED) is 0.665. The van der Waals surface area contributed by atoms with Crippen LogP contribution in [-0.4, -0.2) is 36.5 Å². The maximum absolute atomic E-state index is 8.65. The van der Waals surface area contributed by atoms with Crippen LogP contribution in [0.5, 0.6) is 0 Å². The van der Waals surface area contributed by atoms with E-state index in [9.17, 15) is 0 Å². The number of ether oxygens (including phenoxy) is 1. The maximum atomic E-state index is 8.65. The molecule has 0 aliphatic rings. The molecule has 5 nitrogen and oxygen atoms in total. The number of hydrogen-bond donors (Lipinski definition) is 2. The van der Waals surface area contributed by atoms with Crippen molar-refractivity contribution in [3.05, 3.63) is 24.0 Å². The second-order valence-corrected chi connectivity index (χ2v) is 3.16. The molecule has 1 rings (SSSR count). The minimum atomic E-state index is 0.0588. The predicted molar refractivity (Wildman–Crippen MR) is 60.0 cm³/mol. The Morgan fingerprint density at radius 1 is 1.50 bits per heavy atom. The van der Waals surface area contributed by atoms with Crippen molar-refractivity contribution in [2.75, 3.05) is 31.7 Å². The van der Waals surface area contributed by atoms with Crippen molar-refractivity contribution in [1.29, 1.82) is 5.26 Å². The molecule has 1 heterocycles. The molecule has 0 spiro atoms. The third kappa shape index (κ3) is 4.73. The summed E-state index contributed by atoms with van der Waals surface area (Å²) >= 11 is 0. The Hall–Kier alpha value is -1.64. The zero-order chi connectivity index (χ0) is 11.6. The topological polar surface area (TPSA) is 78.2 Å². The number of anilines is 1. The molecule has 0 radical (unpaired) electrons. The molecule has 16 heavy (non-hydrogen) atoms. The molecule has 0 aromatic carbocycles. The Morgan fingerprint density at radius 2 is 2.38 bits per heavy atom. The van der Waals surface area contributed by atoms with Crippen molar-refractivity contribution in [2.45, 2.75) is 6.42 Å². The highest BCUT2D eigenvalue weighted by Gasteiger charge is 1.95. The third-order valence-corrected chi connectivity index (χ3v) is 1.90. The van der Waals surface area contributed by atoms with Crippen molar-refractivity contribution in [2.24, 2.45) is 0 Å². The molecule has 2 N–H and O–H groups in total. The second kappa shape index (κ2) is 7.63. The summed E-state index contributed by atoms with van der Waals surface area (Å²) in [5.41, 5.74) is 1.29. The fraction of sp³-hybridized carbons (Fsp3) is 0.455. The standard InChI is InChI=1S/C11H15N3O2/c12-9-11-8-10(2-4-14-11)13-3-1-6-16-7-5-15/h2,4,8,15H,1,3,5-7H2,(H,13,14). The molecule has 0 atom stereocenters. The van der Waals surface area contributed by atoms with Gasteiger partial charge in [0.05, 0.1) is 13.2 Å². The molecule has 0 saturated carbocycles. The third-order valence-electron chi connectivity index (χ3n) is 1.90. The molecule has 86 valence electrons. The summed E-state index contributed by atoms with van der Waals surface area (Å²) in [6.45, 7) is 1.82. The van der Waals surface area contributed by atoms with Gasteiger partial charge < -0.3 is 15.2 Å². The first-order valence-electron chi connectivity index (χ1n) is 5.15. The molecular weight excluding hydrogens is 206 g/mol. The van der Waals surface area contributed by atoms with Gasteiger partial charge in [0.1, 0.15) is 11.8 Å². The van der Waals surface area contributed by atoms with Crippen LogP contribution in [0.25, 0.3) is 0 Å². The van der Waals surface area contributed by atoms with Gasteiger partial charge in [0, 0.05) is 25.0 Å². The van der Waals surface area contributed by atoms with E-state index < -0.39 is 0 Å². The number of aliphatic hydroxyl groups is 1. The Balaban J connectivity index is 2.19. The van der Waals surface area contributed by atoms with E-state index >= 15 is 0 Å². The summed E-state index contributed by atoms with van der Waals surface area (Å²) < 4.78 is 5.11. The van der Waals surface area contributed by atoms with Crippen LogP contribution < -0.4 is 5.32 Å². The highest BCUT2D eigenvalue weighted by Crippen LogP contribution is 2.06. The number of rotatable bonds is 7. The number of aliphatic hydroxyl groups excluding tert-OH is 1. The lowest BCUT2D eigenvalue weighted by atomic mass is 10.3. The van der Waals surface area contributed by atoms with E-state index in [4.69, 9.17) is 15.1 Å². The van der Waals surface area contributed by atoms with E-state index in [0.717, 1.165) is 18.7 Å². The van der Waals surface area contributed by atoms with Crippen molar-refractivity contribution in [1.82, 2.24) is 4.98 Å². The van der Waals surface area contributed by atoms with Gasteiger partial charge in [-0.05, 0) is 18.6 Å². The molecule has 0 saturated heterocycles. The zero-order valence-corrected chi connectivity index (χ0v) is 9.02. The fourth-order valence-corrected chi connectivity index (χ4v) is 1.18. The summed E-state index contributed by atoms with van der Waals surface area (Å²) in [6.07, 6.45) is 2.45. The second-order valence-electron chi connectivity index (χ2n) is 3.16. The van der Waals surface area contributed by atoms with Crippen LogP contribution in [0.4, 0.5) is 5.69 Å². The van der Waals surface area contributed by atoms with Crippen molar-refractivity contribution < 1.29 is 9.84 Å². The number of nitrogens with one attached hydrogen (secondary N) is 1. The minimum absolute atomic E-state index is 0.0588. The monoisotopic (exact) mass is 221 g/mol. The molecule has 0 bridgehead atoms. The Bertz CT molecular complexity index is 349. The van der Waals surface area contributed by atoms with Gasteiger partial charge in [-0.25, -0.2) is 4.98 Å². The van der Waals surface area contributed by atoms with Crippen molar-refractivity contribution in [3.63, 3.8) is 0 Å². The van der Waals surface area contributed by atoms with Crippen LogP contribution in [0, 0.1) is 11.3 Å². The molecule has 1 aromatic rings. The van der Waals surface area contributed by atoms with Crippen LogP contribution in [0.1, 0.15) is 12.1 Å². The molecule has 0 amide bonds. The summed E-state index contributed by atoms with van der Waals surface area (Å²) in [5.74, 6) is 0.